The molecule has 0 aromatic heterocycles. The maximum atomic E-state index is 11.4. The van der Waals surface area contributed by atoms with Crippen LogP contribution in [0.5, 0.6) is 0 Å². The third-order valence-corrected chi connectivity index (χ3v) is 2.39. The number of carbonyl (C=O) groups is 1. The summed E-state index contributed by atoms with van der Waals surface area (Å²) >= 11 is 0. The van der Waals surface area contributed by atoms with Gasteiger partial charge in [0.2, 0.25) is 5.91 Å². The fourth-order valence-corrected chi connectivity index (χ4v) is 1.02. The van der Waals surface area contributed by atoms with Crippen molar-refractivity contribution in [2.45, 2.75) is 46.1 Å². The quantitative estimate of drug-likeness (QED) is 0.681. The van der Waals surface area contributed by atoms with Crippen LogP contribution in [0, 0.1) is 5.92 Å². The Morgan fingerprint density at radius 1 is 1.54 bits per heavy atom. The van der Waals surface area contributed by atoms with Gasteiger partial charge in [-0.15, -0.1) is 0 Å². The number of nitrogens with one attached hydrogen (secondary N) is 1. The molecule has 0 saturated heterocycles. The summed E-state index contributed by atoms with van der Waals surface area (Å²) in [5.41, 5.74) is -0.254. The van der Waals surface area contributed by atoms with E-state index in [2.05, 4.69) is 5.32 Å². The van der Waals surface area contributed by atoms with Crippen LogP contribution in [0.3, 0.4) is 0 Å². The van der Waals surface area contributed by atoms with Crippen molar-refractivity contribution in [3.8, 4) is 0 Å². The lowest BCUT2D eigenvalue weighted by molar-refractivity contribution is -0.126. The van der Waals surface area contributed by atoms with Crippen molar-refractivity contribution in [2.24, 2.45) is 5.92 Å². The highest BCUT2D eigenvalue weighted by Gasteiger charge is 2.24. The molecule has 0 aliphatic rings. The van der Waals surface area contributed by atoms with Gasteiger partial charge in [-0.25, -0.2) is 0 Å². The molecule has 1 atom stereocenters. The maximum absolute atomic E-state index is 11.4. The van der Waals surface area contributed by atoms with Crippen LogP contribution in [0.4, 0.5) is 0 Å². The van der Waals surface area contributed by atoms with Crippen LogP contribution in [0.25, 0.3) is 0 Å². The number of hydrogen-bond donors (Lipinski definition) is 2. The molecule has 0 aliphatic carbocycles. The SMILES string of the molecule is CCC(C)(CCO)NC(=O)C(C)C. The molecule has 1 unspecified atom stereocenters. The summed E-state index contributed by atoms with van der Waals surface area (Å²) in [5.74, 6) is 0.0577. The second kappa shape index (κ2) is 5.22. The first-order valence-corrected chi connectivity index (χ1v) is 4.88. The normalized spacial score (nSPS) is 15.5. The number of amides is 1. The van der Waals surface area contributed by atoms with E-state index in [0.29, 0.717) is 6.42 Å². The smallest absolute Gasteiger partial charge is 0.222 e. The fourth-order valence-electron chi connectivity index (χ4n) is 1.02. The predicted octanol–water partition coefficient (Wildman–Crippen LogP) is 1.31. The van der Waals surface area contributed by atoms with Crippen molar-refractivity contribution in [3.05, 3.63) is 0 Å². The molecule has 0 spiro atoms. The molecule has 0 saturated carbocycles. The Kier molecular flexibility index (Phi) is 4.99. The molecule has 0 radical (unpaired) electrons. The highest BCUT2D eigenvalue weighted by molar-refractivity contribution is 5.78. The number of rotatable bonds is 5. The van der Waals surface area contributed by atoms with Crippen LogP contribution in [-0.4, -0.2) is 23.2 Å². The molecule has 13 heavy (non-hydrogen) atoms. The van der Waals surface area contributed by atoms with Crippen LogP contribution in [0.2, 0.25) is 0 Å². The van der Waals surface area contributed by atoms with Crippen molar-refractivity contribution in [1.29, 1.82) is 0 Å². The Morgan fingerprint density at radius 3 is 2.38 bits per heavy atom. The van der Waals surface area contributed by atoms with E-state index >= 15 is 0 Å². The topological polar surface area (TPSA) is 49.3 Å². The molecule has 3 nitrogen and oxygen atoms in total. The van der Waals surface area contributed by atoms with Gasteiger partial charge in [-0.05, 0) is 19.8 Å². The molecule has 0 aliphatic heterocycles. The van der Waals surface area contributed by atoms with Gasteiger partial charge in [0, 0.05) is 18.1 Å². The lowest BCUT2D eigenvalue weighted by Crippen LogP contribution is -2.47. The number of aliphatic hydroxyl groups excluding tert-OH is 1. The number of carbonyl (C=O) groups excluding carboxylic acids is 1. The first-order valence-electron chi connectivity index (χ1n) is 4.88. The van der Waals surface area contributed by atoms with E-state index in [1.165, 1.54) is 0 Å². The van der Waals surface area contributed by atoms with Crippen molar-refractivity contribution >= 4 is 5.91 Å². The minimum absolute atomic E-state index is 0.00423. The summed E-state index contributed by atoms with van der Waals surface area (Å²) in [6, 6.07) is 0. The van der Waals surface area contributed by atoms with E-state index in [1.807, 2.05) is 27.7 Å². The molecule has 2 N–H and O–H groups in total. The number of aliphatic hydroxyl groups is 1. The molecule has 0 fully saturated rings. The van der Waals surface area contributed by atoms with Crippen LogP contribution < -0.4 is 5.32 Å². The second-order valence-corrected chi connectivity index (χ2v) is 4.03. The third-order valence-electron chi connectivity index (χ3n) is 2.39. The van der Waals surface area contributed by atoms with Crippen molar-refractivity contribution in [2.75, 3.05) is 6.61 Å². The molecule has 78 valence electrons. The Bertz CT molecular complexity index is 168. The zero-order valence-electron chi connectivity index (χ0n) is 9.05. The van der Waals surface area contributed by atoms with Crippen LogP contribution in [0.15, 0.2) is 0 Å². The lowest BCUT2D eigenvalue weighted by Gasteiger charge is -2.29. The average molecular weight is 187 g/mol. The highest BCUT2D eigenvalue weighted by atomic mass is 16.3. The van der Waals surface area contributed by atoms with E-state index in [0.717, 1.165) is 6.42 Å². The maximum Gasteiger partial charge on any atom is 0.222 e. The zero-order valence-corrected chi connectivity index (χ0v) is 9.05. The van der Waals surface area contributed by atoms with Gasteiger partial charge in [0.05, 0.1) is 0 Å². The predicted molar refractivity (Wildman–Crippen MR) is 53.4 cm³/mol. The molecular formula is C10H21NO2. The molecular weight excluding hydrogens is 166 g/mol. The minimum atomic E-state index is -0.254. The van der Waals surface area contributed by atoms with Crippen LogP contribution in [-0.2, 0) is 4.79 Å². The molecule has 1 amide bonds. The monoisotopic (exact) mass is 187 g/mol. The molecule has 3 heteroatoms. The van der Waals surface area contributed by atoms with Crippen molar-refractivity contribution in [3.63, 3.8) is 0 Å². The first-order chi connectivity index (χ1) is 5.95. The zero-order chi connectivity index (χ0) is 10.5. The van der Waals surface area contributed by atoms with E-state index in [4.69, 9.17) is 5.11 Å². The molecule has 0 aromatic rings. The average Bonchev–Trinajstić information content (AvgIpc) is 2.04. The molecule has 0 rings (SSSR count). The van der Waals surface area contributed by atoms with E-state index in [1.54, 1.807) is 0 Å². The lowest BCUT2D eigenvalue weighted by atomic mass is 9.94. The second-order valence-electron chi connectivity index (χ2n) is 4.03. The summed E-state index contributed by atoms with van der Waals surface area (Å²) < 4.78 is 0. The third kappa shape index (κ3) is 4.27. The van der Waals surface area contributed by atoms with Gasteiger partial charge in [0.1, 0.15) is 0 Å². The van der Waals surface area contributed by atoms with Crippen molar-refractivity contribution in [1.82, 2.24) is 5.32 Å². The van der Waals surface area contributed by atoms with E-state index in [9.17, 15) is 4.79 Å². The van der Waals surface area contributed by atoms with Crippen LogP contribution >= 0.6 is 0 Å². The largest absolute Gasteiger partial charge is 0.396 e. The Balaban J connectivity index is 4.18. The van der Waals surface area contributed by atoms with Gasteiger partial charge in [-0.3, -0.25) is 4.79 Å². The Labute approximate surface area is 80.5 Å². The minimum Gasteiger partial charge on any atom is -0.396 e. The summed E-state index contributed by atoms with van der Waals surface area (Å²) in [5, 5.41) is 11.8. The summed E-state index contributed by atoms with van der Waals surface area (Å²) in [6.07, 6.45) is 1.45. The van der Waals surface area contributed by atoms with Gasteiger partial charge in [-0.2, -0.15) is 0 Å². The van der Waals surface area contributed by atoms with E-state index in [-0.39, 0.29) is 24.0 Å². The van der Waals surface area contributed by atoms with Gasteiger partial charge >= 0.3 is 0 Å². The highest BCUT2D eigenvalue weighted by Crippen LogP contribution is 2.14. The molecule has 0 heterocycles. The first kappa shape index (κ1) is 12.4. The standard InChI is InChI=1S/C10H21NO2/c1-5-10(4,6-7-12)11-9(13)8(2)3/h8,12H,5-7H2,1-4H3,(H,11,13). The summed E-state index contributed by atoms with van der Waals surface area (Å²) in [4.78, 5) is 11.4. The Morgan fingerprint density at radius 2 is 2.08 bits per heavy atom. The van der Waals surface area contributed by atoms with Gasteiger partial charge in [-0.1, -0.05) is 20.8 Å². The fraction of sp³-hybridized carbons (Fsp3) is 0.900. The molecule has 0 aromatic carbocycles. The van der Waals surface area contributed by atoms with Gasteiger partial charge in [0.25, 0.3) is 0 Å². The van der Waals surface area contributed by atoms with Gasteiger partial charge in [0.15, 0.2) is 0 Å². The summed E-state index contributed by atoms with van der Waals surface area (Å²) in [6.45, 7) is 7.82. The van der Waals surface area contributed by atoms with E-state index < -0.39 is 0 Å². The summed E-state index contributed by atoms with van der Waals surface area (Å²) in [7, 11) is 0. The van der Waals surface area contributed by atoms with Crippen molar-refractivity contribution < 1.29 is 9.90 Å². The van der Waals surface area contributed by atoms with Crippen LogP contribution in [0.1, 0.15) is 40.5 Å². The van der Waals surface area contributed by atoms with Gasteiger partial charge < -0.3 is 10.4 Å². The molecule has 0 bridgehead atoms. The Hall–Kier alpha value is -0.570. The number of hydrogen-bond acceptors (Lipinski definition) is 2.